The highest BCUT2D eigenvalue weighted by atomic mass is 16.5. The van der Waals surface area contributed by atoms with Gasteiger partial charge in [-0.25, -0.2) is 0 Å². The smallest absolute Gasteiger partial charge is 0.0512 e. The van der Waals surface area contributed by atoms with E-state index < -0.39 is 0 Å². The van der Waals surface area contributed by atoms with Crippen LogP contribution in [0, 0.1) is 5.92 Å². The highest BCUT2D eigenvalue weighted by molar-refractivity contribution is 5.29. The first-order chi connectivity index (χ1) is 9.38. The van der Waals surface area contributed by atoms with Gasteiger partial charge >= 0.3 is 0 Å². The summed E-state index contributed by atoms with van der Waals surface area (Å²) < 4.78 is 5.63. The molecule has 104 valence electrons. The summed E-state index contributed by atoms with van der Waals surface area (Å²) >= 11 is 0. The summed E-state index contributed by atoms with van der Waals surface area (Å²) in [5.41, 5.74) is 2.95. The maximum absolute atomic E-state index is 5.63. The van der Waals surface area contributed by atoms with E-state index in [1.807, 2.05) is 0 Å². The van der Waals surface area contributed by atoms with Crippen molar-refractivity contribution in [3.8, 4) is 0 Å². The van der Waals surface area contributed by atoms with Gasteiger partial charge in [-0.2, -0.15) is 0 Å². The molecule has 1 aromatic rings. The summed E-state index contributed by atoms with van der Waals surface area (Å²) in [5.74, 6) is 1.45. The van der Waals surface area contributed by atoms with E-state index in [9.17, 15) is 0 Å². The molecule has 2 atom stereocenters. The number of nitrogens with one attached hydrogen (secondary N) is 1. The minimum Gasteiger partial charge on any atom is -0.381 e. The summed E-state index contributed by atoms with van der Waals surface area (Å²) in [5, 5.41) is 3.48. The van der Waals surface area contributed by atoms with E-state index in [0.29, 0.717) is 12.0 Å². The molecule has 2 fully saturated rings. The first-order valence-corrected chi connectivity index (χ1v) is 7.73. The molecule has 1 saturated heterocycles. The Morgan fingerprint density at radius 2 is 1.89 bits per heavy atom. The zero-order valence-corrected chi connectivity index (χ0v) is 11.9. The standard InChI is InChI=1S/C17H25NO/c1-18-17(16-6-3-11-19-12-16)15-9-7-14(8-10-15)13-4-2-5-13/h7-10,13,16-18H,2-6,11-12H2,1H3. The molecule has 0 aromatic heterocycles. The molecule has 0 radical (unpaired) electrons. The van der Waals surface area contributed by atoms with Crippen molar-refractivity contribution in [2.24, 2.45) is 5.92 Å². The van der Waals surface area contributed by atoms with Gasteiger partial charge in [0.05, 0.1) is 6.61 Å². The quantitative estimate of drug-likeness (QED) is 0.891. The number of hydrogen-bond donors (Lipinski definition) is 1. The van der Waals surface area contributed by atoms with E-state index in [1.165, 1.54) is 43.2 Å². The minimum atomic E-state index is 0.441. The molecule has 1 aliphatic carbocycles. The van der Waals surface area contributed by atoms with Crippen LogP contribution in [-0.4, -0.2) is 20.3 Å². The summed E-state index contributed by atoms with van der Waals surface area (Å²) in [7, 11) is 2.07. The topological polar surface area (TPSA) is 21.3 Å². The number of rotatable bonds is 4. The zero-order valence-electron chi connectivity index (χ0n) is 11.9. The minimum absolute atomic E-state index is 0.441. The fourth-order valence-electron chi connectivity index (χ4n) is 3.42. The third kappa shape index (κ3) is 2.85. The van der Waals surface area contributed by atoms with Crippen LogP contribution in [0.3, 0.4) is 0 Å². The van der Waals surface area contributed by atoms with Gasteiger partial charge in [0.1, 0.15) is 0 Å². The maximum Gasteiger partial charge on any atom is 0.0512 e. The lowest BCUT2D eigenvalue weighted by atomic mass is 9.79. The van der Waals surface area contributed by atoms with E-state index >= 15 is 0 Å². The fourth-order valence-corrected chi connectivity index (χ4v) is 3.42. The van der Waals surface area contributed by atoms with Crippen LogP contribution in [-0.2, 0) is 4.74 Å². The van der Waals surface area contributed by atoms with Crippen LogP contribution in [0.1, 0.15) is 55.2 Å². The fraction of sp³-hybridized carbons (Fsp3) is 0.647. The first kappa shape index (κ1) is 13.1. The van der Waals surface area contributed by atoms with Crippen molar-refractivity contribution in [3.63, 3.8) is 0 Å². The predicted molar refractivity (Wildman–Crippen MR) is 78.4 cm³/mol. The summed E-state index contributed by atoms with van der Waals surface area (Å²) in [4.78, 5) is 0. The van der Waals surface area contributed by atoms with Crippen molar-refractivity contribution in [1.82, 2.24) is 5.32 Å². The molecule has 1 aromatic carbocycles. The monoisotopic (exact) mass is 259 g/mol. The van der Waals surface area contributed by atoms with Crippen molar-refractivity contribution >= 4 is 0 Å². The summed E-state index contributed by atoms with van der Waals surface area (Å²) in [6.45, 7) is 1.84. The Morgan fingerprint density at radius 1 is 1.11 bits per heavy atom. The van der Waals surface area contributed by atoms with Gasteiger partial charge in [-0.1, -0.05) is 30.7 Å². The highest BCUT2D eigenvalue weighted by Gasteiger charge is 2.25. The zero-order chi connectivity index (χ0) is 13.1. The Kier molecular flexibility index (Phi) is 4.19. The van der Waals surface area contributed by atoms with Crippen LogP contribution in [0.25, 0.3) is 0 Å². The molecular formula is C17H25NO. The van der Waals surface area contributed by atoms with Crippen LogP contribution in [0.2, 0.25) is 0 Å². The number of benzene rings is 1. The normalized spacial score (nSPS) is 25.8. The Labute approximate surface area is 116 Å². The van der Waals surface area contributed by atoms with Gasteiger partial charge in [-0.3, -0.25) is 0 Å². The first-order valence-electron chi connectivity index (χ1n) is 7.73. The van der Waals surface area contributed by atoms with Crippen molar-refractivity contribution in [1.29, 1.82) is 0 Å². The molecule has 1 aliphatic heterocycles. The van der Waals surface area contributed by atoms with Gasteiger partial charge in [0, 0.05) is 18.6 Å². The number of hydrogen-bond acceptors (Lipinski definition) is 2. The Morgan fingerprint density at radius 3 is 2.42 bits per heavy atom. The van der Waals surface area contributed by atoms with E-state index in [2.05, 4.69) is 36.6 Å². The molecule has 0 bridgehead atoms. The molecule has 1 N–H and O–H groups in total. The Balaban J connectivity index is 1.71. The third-order valence-electron chi connectivity index (χ3n) is 4.85. The van der Waals surface area contributed by atoms with Gasteiger partial charge in [0.15, 0.2) is 0 Å². The molecule has 3 rings (SSSR count). The average molecular weight is 259 g/mol. The second-order valence-corrected chi connectivity index (χ2v) is 6.04. The van der Waals surface area contributed by atoms with Crippen molar-refractivity contribution < 1.29 is 4.74 Å². The molecule has 19 heavy (non-hydrogen) atoms. The predicted octanol–water partition coefficient (Wildman–Crippen LogP) is 3.64. The van der Waals surface area contributed by atoms with Gasteiger partial charge < -0.3 is 10.1 Å². The second kappa shape index (κ2) is 6.06. The average Bonchev–Trinajstić information content (AvgIpc) is 2.41. The van der Waals surface area contributed by atoms with Crippen LogP contribution >= 0.6 is 0 Å². The maximum atomic E-state index is 5.63. The summed E-state index contributed by atoms with van der Waals surface area (Å²) in [6, 6.07) is 9.77. The lowest BCUT2D eigenvalue weighted by Gasteiger charge is -2.31. The third-order valence-corrected chi connectivity index (χ3v) is 4.85. The molecule has 1 heterocycles. The van der Waals surface area contributed by atoms with Crippen LogP contribution in [0.5, 0.6) is 0 Å². The second-order valence-electron chi connectivity index (χ2n) is 6.04. The number of ether oxygens (including phenoxy) is 1. The molecule has 1 saturated carbocycles. The Bertz CT molecular complexity index is 390. The molecule has 2 nitrogen and oxygen atoms in total. The molecule has 2 aliphatic rings. The molecule has 2 heteroatoms. The van der Waals surface area contributed by atoms with E-state index in [-0.39, 0.29) is 0 Å². The van der Waals surface area contributed by atoms with Crippen LogP contribution in [0.4, 0.5) is 0 Å². The molecular weight excluding hydrogens is 234 g/mol. The van der Waals surface area contributed by atoms with Gasteiger partial charge in [0.25, 0.3) is 0 Å². The van der Waals surface area contributed by atoms with E-state index in [1.54, 1.807) is 0 Å². The molecule has 0 amide bonds. The van der Waals surface area contributed by atoms with Crippen LogP contribution < -0.4 is 5.32 Å². The van der Waals surface area contributed by atoms with Gasteiger partial charge in [0.2, 0.25) is 0 Å². The van der Waals surface area contributed by atoms with Crippen molar-refractivity contribution in [2.45, 2.75) is 44.1 Å². The SMILES string of the molecule is CNC(c1ccc(C2CCC2)cc1)C1CCCOC1. The van der Waals surface area contributed by atoms with Gasteiger partial charge in [-0.15, -0.1) is 0 Å². The largest absolute Gasteiger partial charge is 0.381 e. The van der Waals surface area contributed by atoms with E-state index in [0.717, 1.165) is 19.1 Å². The lowest BCUT2D eigenvalue weighted by molar-refractivity contribution is 0.0402. The van der Waals surface area contributed by atoms with E-state index in [4.69, 9.17) is 4.74 Å². The molecule has 2 unspecified atom stereocenters. The Hall–Kier alpha value is -0.860. The lowest BCUT2D eigenvalue weighted by Crippen LogP contribution is -2.31. The summed E-state index contributed by atoms with van der Waals surface area (Å²) in [6.07, 6.45) is 6.64. The van der Waals surface area contributed by atoms with Gasteiger partial charge in [-0.05, 0) is 49.8 Å². The van der Waals surface area contributed by atoms with Crippen molar-refractivity contribution in [2.75, 3.05) is 20.3 Å². The van der Waals surface area contributed by atoms with Crippen LogP contribution in [0.15, 0.2) is 24.3 Å². The van der Waals surface area contributed by atoms with Crippen molar-refractivity contribution in [3.05, 3.63) is 35.4 Å². The highest BCUT2D eigenvalue weighted by Crippen LogP contribution is 2.37. The molecule has 0 spiro atoms.